The van der Waals surface area contributed by atoms with Gasteiger partial charge in [-0.05, 0) is 30.9 Å². The van der Waals surface area contributed by atoms with Crippen LogP contribution in [0.15, 0.2) is 33.9 Å². The third-order valence-electron chi connectivity index (χ3n) is 4.19. The zero-order chi connectivity index (χ0) is 15.7. The number of carbonyl (C=O) groups is 1. The van der Waals surface area contributed by atoms with Gasteiger partial charge in [-0.1, -0.05) is 19.1 Å². The van der Waals surface area contributed by atoms with Crippen LogP contribution in [0.5, 0.6) is 0 Å². The predicted octanol–water partition coefficient (Wildman–Crippen LogP) is 0.948. The number of likely N-dealkylation sites (tertiary alicyclic amines) is 1. The van der Waals surface area contributed by atoms with E-state index >= 15 is 0 Å². The Balaban J connectivity index is 1.96. The summed E-state index contributed by atoms with van der Waals surface area (Å²) >= 11 is 0. The molecule has 2 heterocycles. The number of hydrogen-bond donors (Lipinski definition) is 1. The molecule has 1 N–H and O–H groups in total. The van der Waals surface area contributed by atoms with Crippen LogP contribution in [0.25, 0.3) is 11.0 Å². The zero-order valence-corrected chi connectivity index (χ0v) is 12.5. The number of carbonyl (C=O) groups excluding carboxylic acids is 1. The number of nitrogens with one attached hydrogen (secondary N) is 1. The molecule has 1 aromatic heterocycles. The number of benzene rings is 1. The molecule has 1 aromatic carbocycles. The third-order valence-corrected chi connectivity index (χ3v) is 4.19. The van der Waals surface area contributed by atoms with Crippen molar-refractivity contribution in [2.75, 3.05) is 13.1 Å². The highest BCUT2D eigenvalue weighted by atomic mass is 16.2. The van der Waals surface area contributed by atoms with Gasteiger partial charge in [-0.3, -0.25) is 19.0 Å². The van der Waals surface area contributed by atoms with Gasteiger partial charge in [0.15, 0.2) is 0 Å². The molecule has 1 aliphatic rings. The van der Waals surface area contributed by atoms with Crippen LogP contribution < -0.4 is 11.1 Å². The van der Waals surface area contributed by atoms with Crippen molar-refractivity contribution in [2.45, 2.75) is 26.3 Å². The van der Waals surface area contributed by atoms with E-state index in [4.69, 9.17) is 0 Å². The highest BCUT2D eigenvalue weighted by molar-refractivity contribution is 5.80. The summed E-state index contributed by atoms with van der Waals surface area (Å²) in [6.07, 6.45) is 2.11. The summed E-state index contributed by atoms with van der Waals surface area (Å²) < 4.78 is 1.27. The minimum Gasteiger partial charge on any atom is -0.341 e. The lowest BCUT2D eigenvalue weighted by Crippen LogP contribution is -2.44. The summed E-state index contributed by atoms with van der Waals surface area (Å²) in [6, 6.07) is 7.02. The van der Waals surface area contributed by atoms with E-state index in [-0.39, 0.29) is 12.5 Å². The molecule has 6 nitrogen and oxygen atoms in total. The fraction of sp³-hybridized carbons (Fsp3) is 0.438. The van der Waals surface area contributed by atoms with Gasteiger partial charge in [0.1, 0.15) is 6.54 Å². The summed E-state index contributed by atoms with van der Waals surface area (Å²) in [7, 11) is 0. The second-order valence-electron chi connectivity index (χ2n) is 5.95. The number of rotatable bonds is 2. The Hall–Kier alpha value is -2.37. The van der Waals surface area contributed by atoms with E-state index in [1.54, 1.807) is 29.2 Å². The van der Waals surface area contributed by atoms with Gasteiger partial charge in [-0.15, -0.1) is 0 Å². The molecule has 3 rings (SSSR count). The first kappa shape index (κ1) is 14.6. The maximum absolute atomic E-state index is 12.5. The molecular formula is C16H19N3O3. The summed E-state index contributed by atoms with van der Waals surface area (Å²) in [5.74, 6) is 0.370. The lowest BCUT2D eigenvalue weighted by molar-refractivity contribution is -0.133. The normalized spacial score (nSPS) is 18.6. The van der Waals surface area contributed by atoms with Crippen LogP contribution in [0.3, 0.4) is 0 Å². The Morgan fingerprint density at radius 3 is 2.86 bits per heavy atom. The second-order valence-corrected chi connectivity index (χ2v) is 5.95. The summed E-state index contributed by atoms with van der Waals surface area (Å²) in [4.78, 5) is 40.7. The highest BCUT2D eigenvalue weighted by Crippen LogP contribution is 2.16. The number of hydrogen-bond acceptors (Lipinski definition) is 3. The maximum atomic E-state index is 12.5. The summed E-state index contributed by atoms with van der Waals surface area (Å²) in [5.41, 5.74) is -0.243. The summed E-state index contributed by atoms with van der Waals surface area (Å²) in [5, 5.41) is 0. The maximum Gasteiger partial charge on any atom is 0.317 e. The van der Waals surface area contributed by atoms with E-state index in [1.165, 1.54) is 4.57 Å². The lowest BCUT2D eigenvalue weighted by atomic mass is 10.0. The van der Waals surface area contributed by atoms with Crippen LogP contribution in [0.4, 0.5) is 0 Å². The van der Waals surface area contributed by atoms with Gasteiger partial charge in [0.2, 0.25) is 5.91 Å². The van der Waals surface area contributed by atoms with Crippen LogP contribution in [0, 0.1) is 5.92 Å². The van der Waals surface area contributed by atoms with E-state index in [0.717, 1.165) is 19.4 Å². The van der Waals surface area contributed by atoms with Crippen molar-refractivity contribution in [3.8, 4) is 0 Å². The number of nitrogens with zero attached hydrogens (tertiary/aromatic N) is 2. The van der Waals surface area contributed by atoms with E-state index in [1.807, 2.05) is 0 Å². The van der Waals surface area contributed by atoms with E-state index in [0.29, 0.717) is 23.5 Å². The minimum atomic E-state index is -0.696. The van der Waals surface area contributed by atoms with Crippen molar-refractivity contribution >= 4 is 16.9 Å². The van der Waals surface area contributed by atoms with Gasteiger partial charge in [-0.2, -0.15) is 0 Å². The van der Waals surface area contributed by atoms with Crippen molar-refractivity contribution in [1.82, 2.24) is 14.5 Å². The number of para-hydroxylation sites is 2. The van der Waals surface area contributed by atoms with Crippen LogP contribution in [0.1, 0.15) is 19.8 Å². The third kappa shape index (κ3) is 2.68. The molecule has 1 saturated heterocycles. The Bertz CT molecular complexity index is 821. The van der Waals surface area contributed by atoms with Gasteiger partial charge in [0, 0.05) is 13.1 Å². The molecule has 1 amide bonds. The standard InChI is InChI=1S/C16H19N3O3/c1-11-5-4-8-18(9-11)14(20)10-19-13-7-3-2-6-12(13)17-15(21)16(19)22/h2-3,6-7,11H,4-5,8-10H2,1H3,(H,17,21). The quantitative estimate of drug-likeness (QED) is 0.839. The van der Waals surface area contributed by atoms with E-state index in [9.17, 15) is 14.4 Å². The average Bonchev–Trinajstić information content (AvgIpc) is 2.51. The van der Waals surface area contributed by atoms with Crippen LogP contribution >= 0.6 is 0 Å². The molecule has 116 valence electrons. The SMILES string of the molecule is CC1CCCN(C(=O)Cn2c(=O)c(=O)[nH]c3ccccc32)C1. The van der Waals surface area contributed by atoms with Gasteiger partial charge >= 0.3 is 11.1 Å². The molecule has 0 radical (unpaired) electrons. The van der Waals surface area contributed by atoms with Crippen molar-refractivity contribution in [3.05, 3.63) is 45.0 Å². The molecule has 1 unspecified atom stereocenters. The first-order valence-corrected chi connectivity index (χ1v) is 7.56. The molecule has 0 spiro atoms. The lowest BCUT2D eigenvalue weighted by Gasteiger charge is -2.31. The van der Waals surface area contributed by atoms with E-state index < -0.39 is 11.1 Å². The number of aromatic nitrogens is 2. The highest BCUT2D eigenvalue weighted by Gasteiger charge is 2.22. The number of aromatic amines is 1. The molecule has 6 heteroatoms. The predicted molar refractivity (Wildman–Crippen MR) is 83.8 cm³/mol. The van der Waals surface area contributed by atoms with Gasteiger partial charge in [-0.25, -0.2) is 0 Å². The smallest absolute Gasteiger partial charge is 0.317 e. The molecule has 2 aromatic rings. The molecule has 22 heavy (non-hydrogen) atoms. The van der Waals surface area contributed by atoms with E-state index in [2.05, 4.69) is 11.9 Å². The van der Waals surface area contributed by atoms with Gasteiger partial charge < -0.3 is 9.88 Å². The fourth-order valence-electron chi connectivity index (χ4n) is 3.03. The van der Waals surface area contributed by atoms with Crippen molar-refractivity contribution < 1.29 is 4.79 Å². The van der Waals surface area contributed by atoms with Crippen molar-refractivity contribution in [2.24, 2.45) is 5.92 Å². The molecule has 0 aliphatic carbocycles. The number of fused-ring (bicyclic) bond motifs is 1. The van der Waals surface area contributed by atoms with Crippen LogP contribution in [-0.2, 0) is 11.3 Å². The number of H-pyrrole nitrogens is 1. The summed E-state index contributed by atoms with van der Waals surface area (Å²) in [6.45, 7) is 3.47. The van der Waals surface area contributed by atoms with Crippen molar-refractivity contribution in [3.63, 3.8) is 0 Å². The van der Waals surface area contributed by atoms with Gasteiger partial charge in [0.25, 0.3) is 0 Å². The van der Waals surface area contributed by atoms with Crippen LogP contribution in [-0.4, -0.2) is 33.4 Å². The Morgan fingerprint density at radius 2 is 2.09 bits per heavy atom. The largest absolute Gasteiger partial charge is 0.341 e. The minimum absolute atomic E-state index is 0.0873. The molecule has 1 atom stereocenters. The molecule has 1 aliphatic heterocycles. The molecule has 0 bridgehead atoms. The number of amides is 1. The average molecular weight is 301 g/mol. The Kier molecular flexibility index (Phi) is 3.83. The molecule has 0 saturated carbocycles. The Morgan fingerprint density at radius 1 is 1.32 bits per heavy atom. The Labute approximate surface area is 127 Å². The monoisotopic (exact) mass is 301 g/mol. The topological polar surface area (TPSA) is 75.2 Å². The fourth-order valence-corrected chi connectivity index (χ4v) is 3.03. The van der Waals surface area contributed by atoms with Gasteiger partial charge in [0.05, 0.1) is 11.0 Å². The van der Waals surface area contributed by atoms with Crippen LogP contribution in [0.2, 0.25) is 0 Å². The first-order chi connectivity index (χ1) is 10.6. The first-order valence-electron chi connectivity index (χ1n) is 7.56. The number of piperidine rings is 1. The molecule has 1 fully saturated rings. The zero-order valence-electron chi connectivity index (χ0n) is 12.5. The van der Waals surface area contributed by atoms with Crippen molar-refractivity contribution in [1.29, 1.82) is 0 Å². The second kappa shape index (κ2) is 5.79. The molecular weight excluding hydrogens is 282 g/mol.